The first-order valence-electron chi connectivity index (χ1n) is 26.3. The van der Waals surface area contributed by atoms with Gasteiger partial charge in [-0.05, 0) is 85.9 Å². The van der Waals surface area contributed by atoms with Gasteiger partial charge < -0.3 is 43.6 Å². The van der Waals surface area contributed by atoms with Crippen molar-refractivity contribution >= 4 is 43.9 Å². The number of carbonyl (C=O) groups is 6. The van der Waals surface area contributed by atoms with E-state index in [2.05, 4.69) is 5.32 Å². The van der Waals surface area contributed by atoms with E-state index in [-0.39, 0.29) is 43.4 Å². The number of esters is 4. The number of carbonyl (C=O) groups excluding carboxylic acids is 6. The van der Waals surface area contributed by atoms with Crippen LogP contribution in [-0.4, -0.2) is 102 Å². The topological polar surface area (TPSA) is 210 Å². The number of aliphatic hydroxyl groups excluding tert-OH is 1. The molecule has 1 saturated heterocycles. The number of rotatable bonds is 18. The number of aliphatic hydroxyl groups is 2. The number of ketones is 1. The van der Waals surface area contributed by atoms with Gasteiger partial charge in [-0.1, -0.05) is 124 Å². The fourth-order valence-electron chi connectivity index (χ4n) is 12.7. The van der Waals surface area contributed by atoms with Gasteiger partial charge in [0, 0.05) is 43.1 Å². The van der Waals surface area contributed by atoms with Crippen molar-refractivity contribution in [2.75, 3.05) is 6.61 Å². The van der Waals surface area contributed by atoms with Crippen LogP contribution in [0.1, 0.15) is 112 Å². The molecule has 2 saturated carbocycles. The summed E-state index contributed by atoms with van der Waals surface area (Å²) >= 11 is 0. The number of hydrogen-bond acceptors (Lipinski definition) is 14. The van der Waals surface area contributed by atoms with Gasteiger partial charge in [-0.2, -0.15) is 0 Å². The molecule has 4 aromatic carbocycles. The summed E-state index contributed by atoms with van der Waals surface area (Å²) in [6.45, 7) is 14.1. The van der Waals surface area contributed by atoms with E-state index < -0.39 is 109 Å². The molecule has 1 aliphatic heterocycles. The molecular weight excluding hydrogens is 987 g/mol. The third-order valence-corrected chi connectivity index (χ3v) is 19.1. The quantitative estimate of drug-likeness (QED) is 0.0280. The Bertz CT molecular complexity index is 2810. The number of amides is 1. The monoisotopic (exact) mass is 1060 g/mol. The molecule has 8 rings (SSSR count). The van der Waals surface area contributed by atoms with Crippen molar-refractivity contribution in [2.45, 2.75) is 147 Å². The number of unbranched alkanes of at least 4 members (excludes halogenated alkanes) is 1. The van der Waals surface area contributed by atoms with E-state index in [4.69, 9.17) is 28.1 Å². The van der Waals surface area contributed by atoms with Gasteiger partial charge in [0.05, 0.1) is 35.6 Å². The van der Waals surface area contributed by atoms with Crippen LogP contribution in [0.4, 0.5) is 0 Å². The predicted octanol–water partition coefficient (Wildman–Crippen LogP) is 8.58. The van der Waals surface area contributed by atoms with E-state index in [1.165, 1.54) is 6.92 Å². The Morgan fingerprint density at radius 1 is 0.829 bits per heavy atom. The summed E-state index contributed by atoms with van der Waals surface area (Å²) in [5, 5.41) is 28.9. The summed E-state index contributed by atoms with van der Waals surface area (Å²) < 4.78 is 38.5. The fourth-order valence-corrected chi connectivity index (χ4v) is 15.0. The lowest BCUT2D eigenvalue weighted by Gasteiger charge is -2.68. The smallest absolute Gasteiger partial charge is 0.338 e. The van der Waals surface area contributed by atoms with Gasteiger partial charge in [0.2, 0.25) is 0 Å². The number of ether oxygens (including phenoxy) is 5. The van der Waals surface area contributed by atoms with Crippen molar-refractivity contribution < 1.29 is 67.1 Å². The molecule has 1 heterocycles. The zero-order valence-corrected chi connectivity index (χ0v) is 45.6. The van der Waals surface area contributed by atoms with E-state index >= 15 is 4.79 Å². The molecule has 76 heavy (non-hydrogen) atoms. The number of benzene rings is 4. The average molecular weight is 1060 g/mol. The van der Waals surface area contributed by atoms with Crippen molar-refractivity contribution in [3.63, 3.8) is 0 Å². The minimum absolute atomic E-state index is 0.127. The van der Waals surface area contributed by atoms with Crippen LogP contribution in [0.25, 0.3) is 0 Å². The van der Waals surface area contributed by atoms with E-state index in [1.807, 2.05) is 43.4 Å². The zero-order chi connectivity index (χ0) is 54.8. The molecule has 2 bridgehead atoms. The van der Waals surface area contributed by atoms with Gasteiger partial charge in [-0.25, -0.2) is 9.59 Å². The lowest BCUT2D eigenvalue weighted by Crippen LogP contribution is -2.81. The summed E-state index contributed by atoms with van der Waals surface area (Å²) in [6.07, 6.45) is -5.61. The van der Waals surface area contributed by atoms with E-state index in [0.29, 0.717) is 41.2 Å². The Balaban J connectivity index is 1.17. The molecule has 4 aliphatic rings. The van der Waals surface area contributed by atoms with E-state index in [0.717, 1.165) is 5.56 Å². The van der Waals surface area contributed by atoms with Crippen molar-refractivity contribution in [3.05, 3.63) is 155 Å². The van der Waals surface area contributed by atoms with Gasteiger partial charge >= 0.3 is 23.9 Å². The highest BCUT2D eigenvalue weighted by Gasteiger charge is 2.78. The van der Waals surface area contributed by atoms with Crippen LogP contribution in [0.3, 0.4) is 0 Å². The first-order valence-corrected chi connectivity index (χ1v) is 29.4. The van der Waals surface area contributed by atoms with Gasteiger partial charge in [0.25, 0.3) is 5.91 Å². The molecule has 1 unspecified atom stereocenters. The Morgan fingerprint density at radius 3 is 2.01 bits per heavy atom. The molecular formula is C60H71NO14Si. The molecule has 3 N–H and O–H groups in total. The Kier molecular flexibility index (Phi) is 16.4. The maximum absolute atomic E-state index is 16.3. The van der Waals surface area contributed by atoms with Crippen molar-refractivity contribution in [1.82, 2.24) is 5.32 Å². The molecule has 404 valence electrons. The van der Waals surface area contributed by atoms with Crippen LogP contribution in [-0.2, 0) is 53.9 Å². The van der Waals surface area contributed by atoms with Gasteiger partial charge in [0.15, 0.2) is 20.0 Å². The third-order valence-electron chi connectivity index (χ3n) is 16.6. The number of nitrogens with one attached hydrogen (secondary N) is 1. The lowest BCUT2D eigenvalue weighted by molar-refractivity contribution is -0.344. The second-order valence-corrected chi connectivity index (χ2v) is 26.5. The number of Topliss-reactive ketones (excluding diaryl/α,β-unsaturated/α-hetero) is 1. The predicted molar refractivity (Wildman–Crippen MR) is 283 cm³/mol. The number of hydrogen-bond donors (Lipinski definition) is 3. The first-order chi connectivity index (χ1) is 36.0. The molecule has 3 aliphatic carbocycles. The number of fused-ring (bicyclic) bond motifs is 5. The van der Waals surface area contributed by atoms with Gasteiger partial charge in [-0.15, -0.1) is 0 Å². The molecule has 15 nitrogen and oxygen atoms in total. The second-order valence-electron chi connectivity index (χ2n) is 22.3. The fraction of sp³-hybridized carbons (Fsp3) is 0.467. The van der Waals surface area contributed by atoms with Crippen LogP contribution in [0.2, 0.25) is 19.1 Å². The lowest BCUT2D eigenvalue weighted by atomic mass is 9.43. The summed E-state index contributed by atoms with van der Waals surface area (Å²) in [6, 6.07) is 33.8. The van der Waals surface area contributed by atoms with E-state index in [1.54, 1.807) is 126 Å². The summed E-state index contributed by atoms with van der Waals surface area (Å²) in [5.74, 6) is -6.14. The third kappa shape index (κ3) is 10.8. The molecule has 0 radical (unpaired) electrons. The van der Waals surface area contributed by atoms with Crippen molar-refractivity contribution in [1.29, 1.82) is 0 Å². The summed E-state index contributed by atoms with van der Waals surface area (Å²) in [4.78, 5) is 85.4. The van der Waals surface area contributed by atoms with Crippen LogP contribution < -0.4 is 5.32 Å². The second kappa shape index (κ2) is 22.3. The average Bonchev–Trinajstić information content (AvgIpc) is 3.60. The maximum atomic E-state index is 16.3. The minimum atomic E-state index is -2.78. The van der Waals surface area contributed by atoms with Gasteiger partial charge in [-0.3, -0.25) is 19.2 Å². The highest BCUT2D eigenvalue weighted by Crippen LogP contribution is 2.65. The standard InChI is InChI=1S/C60H71NO14Si/c1-37-44(72-56(68)50(64)49(41-25-15-10-16-26-41)61-54(66)42-27-17-11-18-28-42)34-60(69)53(73-55(67)43-29-19-12-20-30-43)51-58(6,52(65)38(2)48(37)57(60,4)5)45(33-46-59(51,36-71-46)74-39(3)62)75-76(7,8)32-22-21-31-47(63)70-35-40-23-13-9-14-24-40/h9-20,23-30,38,44-46,49-51,53,64,69H,21-22,31-36H2,1-8H3,(H,61,66)/t38-,44+,45+,46-,49+,50-,51?,53+,58-,59+,60-/m1/s1. The Labute approximate surface area is 445 Å². The van der Waals surface area contributed by atoms with Crippen LogP contribution in [0.15, 0.2) is 132 Å². The molecule has 3 fully saturated rings. The Morgan fingerprint density at radius 2 is 1.42 bits per heavy atom. The largest absolute Gasteiger partial charge is 0.461 e. The zero-order valence-electron chi connectivity index (χ0n) is 44.6. The summed E-state index contributed by atoms with van der Waals surface area (Å²) in [5.41, 5.74) is -4.25. The van der Waals surface area contributed by atoms with Crippen LogP contribution >= 0.6 is 0 Å². The first kappa shape index (κ1) is 55.9. The molecule has 11 atom stereocenters. The molecule has 0 spiro atoms. The SMILES string of the molecule is CC(=O)O[C@@]12CO[C@@H]1C[C@H](O[Si](C)(C)CCCCC(=O)OCc1ccccc1)[C@@]1(C)C(=O)[C@H](C)C3=C(C)[C@@H](OC(=O)[C@H](O)[C@@H](NC(=O)c4ccccc4)c4ccccc4)C[C@@](O)([C@@H](OC(=O)c4ccccc4)C12)C3(C)C. The van der Waals surface area contributed by atoms with E-state index in [9.17, 15) is 34.2 Å². The van der Waals surface area contributed by atoms with Crippen LogP contribution in [0, 0.1) is 22.7 Å². The van der Waals surface area contributed by atoms with Crippen molar-refractivity contribution in [2.24, 2.45) is 22.7 Å². The van der Waals surface area contributed by atoms with Crippen molar-refractivity contribution in [3.8, 4) is 0 Å². The Hall–Kier alpha value is -6.30. The highest BCUT2D eigenvalue weighted by atomic mass is 28.4. The normalized spacial score (nSPS) is 28.4. The maximum Gasteiger partial charge on any atom is 0.338 e. The molecule has 4 aromatic rings. The van der Waals surface area contributed by atoms with Gasteiger partial charge in [0.1, 0.15) is 36.3 Å². The molecule has 1 amide bonds. The molecule has 16 heteroatoms. The minimum Gasteiger partial charge on any atom is -0.461 e. The summed E-state index contributed by atoms with van der Waals surface area (Å²) in [7, 11) is -2.78. The highest BCUT2D eigenvalue weighted by molar-refractivity contribution is 6.71. The molecule has 0 aromatic heterocycles. The van der Waals surface area contributed by atoms with Crippen LogP contribution in [0.5, 0.6) is 0 Å².